The van der Waals surface area contributed by atoms with Gasteiger partial charge in [-0.1, -0.05) is 6.92 Å². The lowest BCUT2D eigenvalue weighted by molar-refractivity contribution is -0.129. The molecule has 6 heteroatoms. The zero-order valence-electron chi connectivity index (χ0n) is 11.3. The minimum atomic E-state index is -0.705. The first-order valence-electron chi connectivity index (χ1n) is 6.17. The van der Waals surface area contributed by atoms with Gasteiger partial charge in [-0.05, 0) is 39.7 Å². The van der Waals surface area contributed by atoms with E-state index >= 15 is 0 Å². The van der Waals surface area contributed by atoms with Crippen molar-refractivity contribution >= 4 is 24.2 Å². The number of amides is 2. The zero-order chi connectivity index (χ0) is 13.1. The number of nitrogens with two attached hydrogens (primary N) is 1. The number of nitrogens with one attached hydrogen (secondary N) is 2. The van der Waals surface area contributed by atoms with Crippen LogP contribution in [0.5, 0.6) is 0 Å². The van der Waals surface area contributed by atoms with Gasteiger partial charge < -0.3 is 16.4 Å². The normalized spacial score (nSPS) is 23.3. The zero-order valence-corrected chi connectivity index (χ0v) is 12.2. The van der Waals surface area contributed by atoms with E-state index < -0.39 is 16.9 Å². The third-order valence-corrected chi connectivity index (χ3v) is 3.64. The van der Waals surface area contributed by atoms with Crippen molar-refractivity contribution in [2.75, 3.05) is 13.1 Å². The molecule has 0 aromatic carbocycles. The fourth-order valence-corrected chi connectivity index (χ4v) is 2.02. The van der Waals surface area contributed by atoms with Crippen LogP contribution in [0.3, 0.4) is 0 Å². The first kappa shape index (κ1) is 17.2. The fraction of sp³-hybridized carbons (Fsp3) is 0.833. The Balaban J connectivity index is 0.00000289. The number of carbonyl (C=O) groups excluding carboxylic acids is 2. The minimum Gasteiger partial charge on any atom is -0.369 e. The maximum atomic E-state index is 12.1. The maximum absolute atomic E-state index is 12.1. The van der Waals surface area contributed by atoms with Gasteiger partial charge in [-0.25, -0.2) is 0 Å². The van der Waals surface area contributed by atoms with Gasteiger partial charge in [0.25, 0.3) is 0 Å². The summed E-state index contributed by atoms with van der Waals surface area (Å²) in [5.41, 5.74) is 4.11. The van der Waals surface area contributed by atoms with Crippen LogP contribution in [0.1, 0.15) is 40.0 Å². The molecule has 0 saturated carbocycles. The number of halogens is 1. The highest BCUT2D eigenvalue weighted by molar-refractivity contribution is 5.87. The highest BCUT2D eigenvalue weighted by Crippen LogP contribution is 2.23. The molecule has 0 aromatic heterocycles. The van der Waals surface area contributed by atoms with Crippen LogP contribution in [0, 0.1) is 5.41 Å². The van der Waals surface area contributed by atoms with Gasteiger partial charge in [0.15, 0.2) is 0 Å². The van der Waals surface area contributed by atoms with Gasteiger partial charge in [0.1, 0.15) is 0 Å². The number of rotatable bonds is 5. The van der Waals surface area contributed by atoms with E-state index in [2.05, 4.69) is 10.6 Å². The molecule has 0 radical (unpaired) electrons. The first-order valence-corrected chi connectivity index (χ1v) is 6.17. The van der Waals surface area contributed by atoms with Crippen LogP contribution in [0.4, 0.5) is 0 Å². The van der Waals surface area contributed by atoms with Crippen molar-refractivity contribution in [2.24, 2.45) is 11.1 Å². The van der Waals surface area contributed by atoms with E-state index in [-0.39, 0.29) is 24.9 Å². The Labute approximate surface area is 115 Å². The fourth-order valence-electron chi connectivity index (χ4n) is 2.02. The Morgan fingerprint density at radius 2 is 2.06 bits per heavy atom. The van der Waals surface area contributed by atoms with Crippen LogP contribution in [0.15, 0.2) is 0 Å². The lowest BCUT2D eigenvalue weighted by Crippen LogP contribution is -2.55. The van der Waals surface area contributed by atoms with Gasteiger partial charge in [-0.15, -0.1) is 12.4 Å². The second-order valence-electron chi connectivity index (χ2n) is 5.40. The third-order valence-electron chi connectivity index (χ3n) is 3.64. The van der Waals surface area contributed by atoms with Crippen LogP contribution in [-0.4, -0.2) is 30.4 Å². The number of hydrogen-bond acceptors (Lipinski definition) is 3. The number of primary amides is 1. The summed E-state index contributed by atoms with van der Waals surface area (Å²) in [6.07, 6.45) is 2.63. The van der Waals surface area contributed by atoms with E-state index in [1.54, 1.807) is 13.8 Å². The number of hydrogen-bond donors (Lipinski definition) is 3. The molecule has 1 heterocycles. The number of carbonyl (C=O) groups is 2. The summed E-state index contributed by atoms with van der Waals surface area (Å²) < 4.78 is 0. The Morgan fingerprint density at radius 1 is 1.44 bits per heavy atom. The van der Waals surface area contributed by atoms with Crippen molar-refractivity contribution in [3.8, 4) is 0 Å². The van der Waals surface area contributed by atoms with Gasteiger partial charge in [-0.2, -0.15) is 0 Å². The summed E-state index contributed by atoms with van der Waals surface area (Å²) in [6, 6.07) is 0. The predicted molar refractivity (Wildman–Crippen MR) is 73.5 cm³/mol. The lowest BCUT2D eigenvalue weighted by atomic mass is 9.90. The Hall–Kier alpha value is -0.810. The van der Waals surface area contributed by atoms with Crippen LogP contribution >= 0.6 is 12.4 Å². The molecule has 0 aromatic rings. The molecule has 0 aliphatic carbocycles. The summed E-state index contributed by atoms with van der Waals surface area (Å²) in [5, 5.41) is 6.09. The van der Waals surface area contributed by atoms with E-state index in [9.17, 15) is 9.59 Å². The SMILES string of the molecule is CCC1(C(=O)NCC(C)(C)C(N)=O)CCCN1.Cl. The smallest absolute Gasteiger partial charge is 0.240 e. The van der Waals surface area contributed by atoms with Crippen molar-refractivity contribution in [2.45, 2.75) is 45.6 Å². The second-order valence-corrected chi connectivity index (χ2v) is 5.40. The Kier molecular flexibility index (Phi) is 6.10. The molecule has 1 aliphatic rings. The summed E-state index contributed by atoms with van der Waals surface area (Å²) in [7, 11) is 0. The molecule has 1 rings (SSSR count). The van der Waals surface area contributed by atoms with Gasteiger partial charge >= 0.3 is 0 Å². The van der Waals surface area contributed by atoms with Crippen LogP contribution in [0.2, 0.25) is 0 Å². The maximum Gasteiger partial charge on any atom is 0.240 e. The van der Waals surface area contributed by atoms with Crippen LogP contribution in [0.25, 0.3) is 0 Å². The molecule has 1 aliphatic heterocycles. The van der Waals surface area contributed by atoms with Crippen molar-refractivity contribution in [3.63, 3.8) is 0 Å². The van der Waals surface area contributed by atoms with Gasteiger partial charge in [0, 0.05) is 6.54 Å². The third kappa shape index (κ3) is 3.59. The standard InChI is InChI=1S/C12H23N3O2.ClH/c1-4-12(6-5-7-15-12)10(17)14-8-11(2,3)9(13)16;/h15H,4-8H2,1-3H3,(H2,13,16)(H,14,17);1H. The van der Waals surface area contributed by atoms with Gasteiger partial charge in [-0.3, -0.25) is 9.59 Å². The average molecular weight is 278 g/mol. The molecular formula is C12H24ClN3O2. The molecule has 4 N–H and O–H groups in total. The van der Waals surface area contributed by atoms with E-state index in [4.69, 9.17) is 5.73 Å². The average Bonchev–Trinajstić information content (AvgIpc) is 2.75. The molecule has 0 spiro atoms. The van der Waals surface area contributed by atoms with E-state index in [1.165, 1.54) is 0 Å². The Morgan fingerprint density at radius 3 is 2.44 bits per heavy atom. The molecule has 1 saturated heterocycles. The largest absolute Gasteiger partial charge is 0.369 e. The molecule has 2 amide bonds. The quantitative estimate of drug-likeness (QED) is 0.687. The minimum absolute atomic E-state index is 0. The highest BCUT2D eigenvalue weighted by Gasteiger charge is 2.39. The van der Waals surface area contributed by atoms with Crippen molar-refractivity contribution < 1.29 is 9.59 Å². The topological polar surface area (TPSA) is 84.2 Å². The summed E-state index contributed by atoms with van der Waals surface area (Å²) in [4.78, 5) is 23.3. The molecule has 1 unspecified atom stereocenters. The van der Waals surface area contributed by atoms with E-state index in [0.29, 0.717) is 0 Å². The Bertz CT molecular complexity index is 312. The van der Waals surface area contributed by atoms with Gasteiger partial charge in [0.05, 0.1) is 11.0 Å². The van der Waals surface area contributed by atoms with E-state index in [0.717, 1.165) is 25.8 Å². The van der Waals surface area contributed by atoms with Gasteiger partial charge in [0.2, 0.25) is 11.8 Å². The molecule has 1 fully saturated rings. The monoisotopic (exact) mass is 277 g/mol. The molecular weight excluding hydrogens is 254 g/mol. The molecule has 18 heavy (non-hydrogen) atoms. The lowest BCUT2D eigenvalue weighted by Gasteiger charge is -2.29. The van der Waals surface area contributed by atoms with Crippen molar-refractivity contribution in [1.82, 2.24) is 10.6 Å². The van der Waals surface area contributed by atoms with Crippen LogP contribution < -0.4 is 16.4 Å². The van der Waals surface area contributed by atoms with Crippen molar-refractivity contribution in [3.05, 3.63) is 0 Å². The predicted octanol–water partition coefficient (Wildman–Crippen LogP) is 0.568. The second kappa shape index (κ2) is 6.38. The molecule has 0 bridgehead atoms. The van der Waals surface area contributed by atoms with Crippen LogP contribution in [-0.2, 0) is 9.59 Å². The van der Waals surface area contributed by atoms with E-state index in [1.807, 2.05) is 6.92 Å². The highest BCUT2D eigenvalue weighted by atomic mass is 35.5. The summed E-state index contributed by atoms with van der Waals surface area (Å²) >= 11 is 0. The summed E-state index contributed by atoms with van der Waals surface area (Å²) in [6.45, 7) is 6.62. The molecule has 1 atom stereocenters. The summed E-state index contributed by atoms with van der Waals surface area (Å²) in [5.74, 6) is -0.422. The van der Waals surface area contributed by atoms with Crippen molar-refractivity contribution in [1.29, 1.82) is 0 Å². The molecule has 5 nitrogen and oxygen atoms in total. The first-order chi connectivity index (χ1) is 7.84. The molecule has 106 valence electrons.